The van der Waals surface area contributed by atoms with Gasteiger partial charge in [-0.05, 0) is 59.7 Å². The molecule has 2 amide bonds. The van der Waals surface area contributed by atoms with E-state index >= 15 is 0 Å². The van der Waals surface area contributed by atoms with E-state index in [4.69, 9.17) is 4.74 Å². The van der Waals surface area contributed by atoms with Crippen LogP contribution in [0.4, 0.5) is 15.0 Å². The van der Waals surface area contributed by atoms with E-state index in [1.54, 1.807) is 32.0 Å². The van der Waals surface area contributed by atoms with Crippen molar-refractivity contribution in [3.8, 4) is 11.5 Å². The number of carbonyl (C=O) groups is 2. The van der Waals surface area contributed by atoms with Gasteiger partial charge < -0.3 is 15.2 Å². The van der Waals surface area contributed by atoms with Crippen LogP contribution in [0.5, 0.6) is 0 Å². The van der Waals surface area contributed by atoms with E-state index in [1.165, 1.54) is 21.7 Å². The highest BCUT2D eigenvalue weighted by Gasteiger charge is 2.27. The van der Waals surface area contributed by atoms with Crippen molar-refractivity contribution in [1.82, 2.24) is 30.1 Å². The van der Waals surface area contributed by atoms with E-state index in [9.17, 15) is 19.1 Å². The average Bonchev–Trinajstić information content (AvgIpc) is 3.45. The Bertz CT molecular complexity index is 1200. The monoisotopic (exact) mass is 455 g/mol. The van der Waals surface area contributed by atoms with Gasteiger partial charge in [0.05, 0.1) is 24.8 Å². The van der Waals surface area contributed by atoms with Crippen molar-refractivity contribution in [1.29, 1.82) is 0 Å². The van der Waals surface area contributed by atoms with Crippen LogP contribution >= 0.6 is 0 Å². The highest BCUT2D eigenvalue weighted by atomic mass is 19.1. The number of carbonyl (C=O) groups excluding carboxylic acids is 2. The zero-order chi connectivity index (χ0) is 23.5. The summed E-state index contributed by atoms with van der Waals surface area (Å²) < 4.78 is 21.1. The highest BCUT2D eigenvalue weighted by Crippen LogP contribution is 2.27. The van der Waals surface area contributed by atoms with E-state index in [-0.39, 0.29) is 43.7 Å². The Kier molecular flexibility index (Phi) is 6.27. The molecule has 0 aliphatic carbocycles. The van der Waals surface area contributed by atoms with Gasteiger partial charge in [0.2, 0.25) is 5.82 Å². The summed E-state index contributed by atoms with van der Waals surface area (Å²) in [5, 5.41) is 23.4. The van der Waals surface area contributed by atoms with Crippen LogP contribution in [-0.2, 0) is 17.8 Å². The number of rotatable bonds is 6. The van der Waals surface area contributed by atoms with Crippen molar-refractivity contribution in [2.24, 2.45) is 0 Å². The number of halogens is 1. The van der Waals surface area contributed by atoms with Crippen LogP contribution in [0.3, 0.4) is 0 Å². The Morgan fingerprint density at radius 1 is 1.27 bits per heavy atom. The lowest BCUT2D eigenvalue weighted by molar-refractivity contribution is 0.102. The fourth-order valence-corrected chi connectivity index (χ4v) is 3.49. The lowest BCUT2D eigenvalue weighted by Gasteiger charge is -2.13. The number of anilines is 1. The molecular weight excluding hydrogens is 433 g/mol. The number of hydrogen-bond acceptors (Lipinski definition) is 8. The molecule has 0 spiro atoms. The van der Waals surface area contributed by atoms with Gasteiger partial charge in [-0.2, -0.15) is 0 Å². The third kappa shape index (κ3) is 4.51. The highest BCUT2D eigenvalue weighted by molar-refractivity contribution is 6.04. The molecule has 1 atom stereocenters. The standard InChI is InChI=1S/C21H22FN7O4/c1-3-33-21(32)28-9-13-7-15(16(22)8-14(13)10-28)20(31)24-18-6-4-5-17(23-18)19-25-26-27-29(19)12(2)11-30/h4-8,12,30H,3,9-11H2,1-2H3,(H,23,24,31)/t12-/m1/s1. The zero-order valence-electron chi connectivity index (χ0n) is 18.0. The molecule has 172 valence electrons. The predicted molar refractivity (Wildman–Crippen MR) is 113 cm³/mol. The van der Waals surface area contributed by atoms with Crippen LogP contribution < -0.4 is 5.32 Å². The number of ether oxygens (including phenoxy) is 1. The Hall–Kier alpha value is -3.93. The number of aliphatic hydroxyl groups is 1. The minimum atomic E-state index is -0.700. The maximum absolute atomic E-state index is 14.7. The van der Waals surface area contributed by atoms with E-state index in [1.807, 2.05) is 0 Å². The Morgan fingerprint density at radius 2 is 2.03 bits per heavy atom. The number of hydrogen-bond donors (Lipinski definition) is 2. The van der Waals surface area contributed by atoms with E-state index in [0.29, 0.717) is 22.6 Å². The van der Waals surface area contributed by atoms with Crippen molar-refractivity contribution in [2.75, 3.05) is 18.5 Å². The zero-order valence-corrected chi connectivity index (χ0v) is 18.0. The smallest absolute Gasteiger partial charge is 0.410 e. The minimum Gasteiger partial charge on any atom is -0.450 e. The van der Waals surface area contributed by atoms with E-state index in [0.717, 1.165) is 0 Å². The molecule has 1 aromatic carbocycles. The predicted octanol–water partition coefficient (Wildman–Crippen LogP) is 2.15. The summed E-state index contributed by atoms with van der Waals surface area (Å²) >= 11 is 0. The minimum absolute atomic E-state index is 0.162. The molecule has 0 radical (unpaired) electrons. The number of fused-ring (bicyclic) bond motifs is 1. The number of amides is 2. The molecule has 3 heterocycles. The first-order chi connectivity index (χ1) is 15.9. The second kappa shape index (κ2) is 9.28. The van der Waals surface area contributed by atoms with E-state index < -0.39 is 17.8 Å². The van der Waals surface area contributed by atoms with Crippen molar-refractivity contribution < 1.29 is 23.8 Å². The number of pyridine rings is 1. The fourth-order valence-electron chi connectivity index (χ4n) is 3.49. The van der Waals surface area contributed by atoms with Gasteiger partial charge in [0.1, 0.15) is 17.3 Å². The summed E-state index contributed by atoms with van der Waals surface area (Å²) in [6.07, 6.45) is -0.487. The quantitative estimate of drug-likeness (QED) is 0.577. The summed E-state index contributed by atoms with van der Waals surface area (Å²) in [7, 11) is 0. The molecule has 1 aliphatic heterocycles. The van der Waals surface area contributed by atoms with Gasteiger partial charge in [-0.25, -0.2) is 18.9 Å². The number of aliphatic hydroxyl groups excluding tert-OH is 1. The van der Waals surface area contributed by atoms with Crippen LogP contribution in [0.1, 0.15) is 41.4 Å². The van der Waals surface area contributed by atoms with Gasteiger partial charge in [0, 0.05) is 13.1 Å². The van der Waals surface area contributed by atoms with Gasteiger partial charge >= 0.3 is 6.09 Å². The lowest BCUT2D eigenvalue weighted by atomic mass is 10.1. The van der Waals surface area contributed by atoms with Crippen LogP contribution in [0.2, 0.25) is 0 Å². The third-order valence-electron chi connectivity index (χ3n) is 5.18. The van der Waals surface area contributed by atoms with Crippen molar-refractivity contribution >= 4 is 17.8 Å². The van der Waals surface area contributed by atoms with Crippen molar-refractivity contribution in [3.63, 3.8) is 0 Å². The first-order valence-corrected chi connectivity index (χ1v) is 10.3. The van der Waals surface area contributed by atoms with Gasteiger partial charge in [-0.15, -0.1) is 5.10 Å². The van der Waals surface area contributed by atoms with Crippen LogP contribution in [-0.4, -0.2) is 60.4 Å². The molecule has 2 aromatic heterocycles. The molecule has 4 rings (SSSR count). The second-order valence-electron chi connectivity index (χ2n) is 7.50. The summed E-state index contributed by atoms with van der Waals surface area (Å²) in [6.45, 7) is 3.97. The molecule has 3 aromatic rings. The summed E-state index contributed by atoms with van der Waals surface area (Å²) in [6, 6.07) is 7.19. The van der Waals surface area contributed by atoms with Crippen molar-refractivity contribution in [2.45, 2.75) is 33.0 Å². The Balaban J connectivity index is 1.54. The maximum atomic E-state index is 14.7. The number of benzene rings is 1. The van der Waals surface area contributed by atoms with Gasteiger partial charge in [-0.1, -0.05) is 6.07 Å². The molecule has 1 aliphatic rings. The first kappa shape index (κ1) is 22.3. The summed E-state index contributed by atoms with van der Waals surface area (Å²) in [4.78, 5) is 30.6. The van der Waals surface area contributed by atoms with Gasteiger partial charge in [0.15, 0.2) is 0 Å². The molecule has 12 heteroatoms. The fraction of sp³-hybridized carbons (Fsp3) is 0.333. The number of nitrogens with zero attached hydrogens (tertiary/aromatic N) is 6. The molecule has 0 saturated heterocycles. The average molecular weight is 455 g/mol. The SMILES string of the molecule is CCOC(=O)N1Cc2cc(F)c(C(=O)Nc3cccc(-c4nnnn4[C@H](C)CO)n3)cc2C1. The molecule has 2 N–H and O–H groups in total. The second-order valence-corrected chi connectivity index (χ2v) is 7.50. The van der Waals surface area contributed by atoms with Gasteiger partial charge in [-0.3, -0.25) is 9.69 Å². The molecule has 0 saturated carbocycles. The largest absolute Gasteiger partial charge is 0.450 e. The lowest BCUT2D eigenvalue weighted by Crippen LogP contribution is -2.25. The Morgan fingerprint density at radius 3 is 2.76 bits per heavy atom. The topological polar surface area (TPSA) is 135 Å². The normalized spacial score (nSPS) is 13.5. The summed E-state index contributed by atoms with van der Waals surface area (Å²) in [5.74, 6) is -0.890. The van der Waals surface area contributed by atoms with Gasteiger partial charge in [0.25, 0.3) is 5.91 Å². The molecule has 11 nitrogen and oxygen atoms in total. The van der Waals surface area contributed by atoms with E-state index in [2.05, 4.69) is 25.8 Å². The number of nitrogens with one attached hydrogen (secondary N) is 1. The summed E-state index contributed by atoms with van der Waals surface area (Å²) in [5.41, 5.74) is 1.51. The van der Waals surface area contributed by atoms with Crippen molar-refractivity contribution in [3.05, 3.63) is 52.8 Å². The maximum Gasteiger partial charge on any atom is 0.410 e. The van der Waals surface area contributed by atoms with Crippen LogP contribution in [0, 0.1) is 5.82 Å². The van der Waals surface area contributed by atoms with Crippen LogP contribution in [0.15, 0.2) is 30.3 Å². The molecule has 0 unspecified atom stereocenters. The molecular formula is C21H22FN7O4. The number of tetrazole rings is 1. The molecule has 33 heavy (non-hydrogen) atoms. The Labute approximate surface area is 188 Å². The number of aromatic nitrogens is 5. The van der Waals surface area contributed by atoms with Crippen LogP contribution in [0.25, 0.3) is 11.5 Å². The molecule has 0 bridgehead atoms. The first-order valence-electron chi connectivity index (χ1n) is 10.3. The third-order valence-corrected chi connectivity index (χ3v) is 5.18. The molecule has 0 fully saturated rings.